The number of hydrogen-bond acceptors (Lipinski definition) is 13. The molecule has 0 fully saturated rings. The van der Waals surface area contributed by atoms with Gasteiger partial charge in [0.25, 0.3) is 0 Å². The van der Waals surface area contributed by atoms with E-state index in [-0.39, 0.29) is 90.7 Å². The number of rotatable bonds is 5. The smallest absolute Gasteiger partial charge is 0.872 e. The first-order valence-electron chi connectivity index (χ1n) is 13.8. The normalized spacial score (nSPS) is 22.9. The molecule has 2 aliphatic rings. The number of ether oxygens (including phenoxy) is 2. The van der Waals surface area contributed by atoms with Crippen molar-refractivity contribution in [2.75, 3.05) is 0 Å². The number of phenolic OH excluding ortho intramolecular Hbond substituents is 7. The topological polar surface area (TPSA) is 261 Å². The van der Waals surface area contributed by atoms with E-state index < -0.39 is 94.6 Å². The second-order valence-corrected chi connectivity index (χ2v) is 11.2. The summed E-state index contributed by atoms with van der Waals surface area (Å²) in [7, 11) is 0. The molecule has 0 spiro atoms. The van der Waals surface area contributed by atoms with Gasteiger partial charge in [-0.1, -0.05) is 12.1 Å². The Hall–Kier alpha value is -4.09. The van der Waals surface area contributed by atoms with Gasteiger partial charge in [-0.2, -0.15) is 0 Å². The van der Waals surface area contributed by atoms with Crippen molar-refractivity contribution in [3.8, 4) is 57.5 Å². The van der Waals surface area contributed by atoms with Crippen molar-refractivity contribution >= 4 is 5.97 Å². The van der Waals surface area contributed by atoms with Gasteiger partial charge in [-0.3, -0.25) is 4.79 Å². The third-order valence-electron chi connectivity index (χ3n) is 8.32. The molecular formula is C32H27KO14. The molecule has 6 atom stereocenters. The Morgan fingerprint density at radius 1 is 0.638 bits per heavy atom. The van der Waals surface area contributed by atoms with Gasteiger partial charge >= 0.3 is 57.4 Å². The predicted molar refractivity (Wildman–Crippen MR) is 152 cm³/mol. The molecule has 15 heteroatoms. The summed E-state index contributed by atoms with van der Waals surface area (Å²) < 4.78 is 12.1. The number of aliphatic carboxylic acids is 1. The summed E-state index contributed by atoms with van der Waals surface area (Å²) in [5.41, 5.74) is -0.540. The summed E-state index contributed by atoms with van der Waals surface area (Å²) in [6.07, 6.45) is -7.01. The van der Waals surface area contributed by atoms with Crippen LogP contribution in [0.3, 0.4) is 0 Å². The van der Waals surface area contributed by atoms with Gasteiger partial charge < -0.3 is 65.6 Å². The van der Waals surface area contributed by atoms with Crippen LogP contribution in [0.1, 0.15) is 58.3 Å². The predicted octanol–water partition coefficient (Wildman–Crippen LogP) is -0.617. The molecule has 4 aromatic carbocycles. The van der Waals surface area contributed by atoms with E-state index in [1.54, 1.807) is 0 Å². The molecule has 0 aromatic heterocycles. The first-order chi connectivity index (χ1) is 21.8. The van der Waals surface area contributed by atoms with Crippen molar-refractivity contribution in [1.82, 2.24) is 0 Å². The fraction of sp³-hybridized carbons (Fsp3) is 0.219. The fourth-order valence-electron chi connectivity index (χ4n) is 6.27. The van der Waals surface area contributed by atoms with E-state index in [9.17, 15) is 61.0 Å². The van der Waals surface area contributed by atoms with Gasteiger partial charge in [0.2, 0.25) is 0 Å². The summed E-state index contributed by atoms with van der Waals surface area (Å²) in [6, 6.07) is 9.74. The van der Waals surface area contributed by atoms with Crippen molar-refractivity contribution in [1.29, 1.82) is 0 Å². The molecular weight excluding hydrogens is 647 g/mol. The maximum atomic E-state index is 12.4. The van der Waals surface area contributed by atoms with Crippen LogP contribution in [-0.2, 0) is 4.79 Å². The summed E-state index contributed by atoms with van der Waals surface area (Å²) in [5, 5.41) is 119. The SMILES string of the molecule is O=C(O)C[C@H]1c2c(O)cc(O)c([C@H]3c4c(O)cc([O-])cc4O[C@H](c4ccc(O)c(O)c4)[C@@H]3O)c2O[C@H](c2ccc(O)c(O)c2)[C@@H]1O.[K+]. The summed E-state index contributed by atoms with van der Waals surface area (Å²) in [5.74, 6) is -9.66. The number of aliphatic hydroxyl groups excluding tert-OH is 2. The van der Waals surface area contributed by atoms with Crippen LogP contribution in [0.15, 0.2) is 54.6 Å². The van der Waals surface area contributed by atoms with E-state index in [2.05, 4.69) is 0 Å². The van der Waals surface area contributed by atoms with Gasteiger partial charge in [-0.15, -0.1) is 5.75 Å². The Kier molecular flexibility index (Phi) is 9.35. The van der Waals surface area contributed by atoms with E-state index in [0.29, 0.717) is 0 Å². The Balaban J connectivity index is 0.00000433. The summed E-state index contributed by atoms with van der Waals surface area (Å²) in [6.45, 7) is 0. The van der Waals surface area contributed by atoms with Crippen molar-refractivity contribution in [3.05, 3.63) is 82.4 Å². The van der Waals surface area contributed by atoms with Crippen molar-refractivity contribution < 1.29 is 122 Å². The van der Waals surface area contributed by atoms with Gasteiger partial charge in [0, 0.05) is 28.7 Å². The number of aliphatic hydroxyl groups is 2. The van der Waals surface area contributed by atoms with Crippen LogP contribution < -0.4 is 66.0 Å². The second kappa shape index (κ2) is 12.8. The Labute approximate surface area is 308 Å². The quantitative estimate of drug-likeness (QED) is 0.0935. The van der Waals surface area contributed by atoms with Gasteiger partial charge in [0.15, 0.2) is 35.2 Å². The van der Waals surface area contributed by atoms with E-state index in [1.807, 2.05) is 0 Å². The largest absolute Gasteiger partial charge is 1.00 e. The molecule has 0 saturated carbocycles. The first-order valence-corrected chi connectivity index (χ1v) is 13.8. The van der Waals surface area contributed by atoms with Crippen molar-refractivity contribution in [3.63, 3.8) is 0 Å². The Morgan fingerprint density at radius 3 is 1.72 bits per heavy atom. The van der Waals surface area contributed by atoms with Gasteiger partial charge in [0.05, 0.1) is 12.3 Å². The zero-order valence-corrected chi connectivity index (χ0v) is 27.6. The second-order valence-electron chi connectivity index (χ2n) is 11.2. The van der Waals surface area contributed by atoms with Crippen LogP contribution in [0.5, 0.6) is 57.5 Å². The molecule has 0 unspecified atom stereocenters. The van der Waals surface area contributed by atoms with E-state index in [4.69, 9.17) is 9.47 Å². The number of carboxylic acids is 1. The van der Waals surface area contributed by atoms with Crippen LogP contribution >= 0.6 is 0 Å². The number of fused-ring (bicyclic) bond motifs is 2. The number of hydrogen-bond donors (Lipinski definition) is 10. The van der Waals surface area contributed by atoms with Crippen LogP contribution in [0.25, 0.3) is 0 Å². The van der Waals surface area contributed by atoms with Crippen LogP contribution in [0, 0.1) is 0 Å². The van der Waals surface area contributed by atoms with Gasteiger partial charge in [-0.25, -0.2) is 0 Å². The van der Waals surface area contributed by atoms with E-state index >= 15 is 0 Å². The molecule has 0 saturated heterocycles. The molecule has 240 valence electrons. The standard InChI is InChI=1S/C32H28O14.K/c33-13-7-19(38)25-22(8-13)45-31(12-2-4-16(35)18(37)6-12)29(44)27(25)26-21(40)10-20(39)24-14(9-23(41)42)28(43)30(46-32(24)26)11-1-3-15(34)17(36)5-11;/h1-8,10,14,27-31,33-40,43-44H,9H2,(H,41,42);/q;+1/p-1/t14-,27+,28+,29+,30+,31+;/m0./s1. The van der Waals surface area contributed by atoms with Crippen LogP contribution in [-0.4, -0.2) is 69.2 Å². The van der Waals surface area contributed by atoms with Crippen molar-refractivity contribution in [2.24, 2.45) is 0 Å². The molecule has 0 aliphatic carbocycles. The first kappa shape index (κ1) is 34.2. The molecule has 0 radical (unpaired) electrons. The molecule has 0 bridgehead atoms. The number of carbonyl (C=O) groups is 1. The van der Waals surface area contributed by atoms with Gasteiger partial charge in [0.1, 0.15) is 41.0 Å². The van der Waals surface area contributed by atoms with Crippen LogP contribution in [0.2, 0.25) is 0 Å². The van der Waals surface area contributed by atoms with Crippen LogP contribution in [0.4, 0.5) is 0 Å². The average molecular weight is 675 g/mol. The number of aromatic hydroxyl groups is 7. The van der Waals surface area contributed by atoms with Crippen molar-refractivity contribution in [2.45, 2.75) is 42.7 Å². The monoisotopic (exact) mass is 674 g/mol. The zero-order chi connectivity index (χ0) is 33.2. The van der Waals surface area contributed by atoms with Gasteiger partial charge in [-0.05, 0) is 47.5 Å². The maximum Gasteiger partial charge on any atom is 1.00 e. The van der Waals surface area contributed by atoms with E-state index in [1.165, 1.54) is 12.1 Å². The number of carboxylic acid groups (broad SMARTS) is 1. The minimum atomic E-state index is -1.75. The molecule has 14 nitrogen and oxygen atoms in total. The Morgan fingerprint density at radius 2 is 1.17 bits per heavy atom. The molecule has 10 N–H and O–H groups in total. The molecule has 4 aromatic rings. The summed E-state index contributed by atoms with van der Waals surface area (Å²) >= 11 is 0. The van der Waals surface area contributed by atoms with E-state index in [0.717, 1.165) is 42.5 Å². The zero-order valence-electron chi connectivity index (χ0n) is 24.5. The summed E-state index contributed by atoms with van der Waals surface area (Å²) in [4.78, 5) is 12.0. The third kappa shape index (κ3) is 5.95. The minimum Gasteiger partial charge on any atom is -0.872 e. The maximum absolute atomic E-state index is 12.4. The molecule has 47 heavy (non-hydrogen) atoms. The number of phenols is 7. The fourth-order valence-corrected chi connectivity index (χ4v) is 6.27. The molecule has 2 aliphatic heterocycles. The molecule has 2 heterocycles. The average Bonchev–Trinajstić information content (AvgIpc) is 2.97. The third-order valence-corrected chi connectivity index (χ3v) is 8.32. The Bertz CT molecular complexity index is 1880. The molecule has 6 rings (SSSR count). The minimum absolute atomic E-state index is 0. The number of benzene rings is 4. The molecule has 0 amide bonds.